The van der Waals surface area contributed by atoms with Crippen LogP contribution in [0.5, 0.6) is 0 Å². The number of hydrogen-bond acceptors (Lipinski definition) is 3. The molecule has 0 aliphatic rings. The summed E-state index contributed by atoms with van der Waals surface area (Å²) in [5.41, 5.74) is 2.96. The molecule has 0 spiro atoms. The number of aromatic amines is 1. The summed E-state index contributed by atoms with van der Waals surface area (Å²) in [6.07, 6.45) is 1.81. The average molecular weight is 204 g/mol. The SMILES string of the molecule is COC(=O)c1c(C)nc2[nH]ccc2c1C. The minimum Gasteiger partial charge on any atom is -0.465 e. The summed E-state index contributed by atoms with van der Waals surface area (Å²) in [6, 6.07) is 1.91. The van der Waals surface area contributed by atoms with Crippen LogP contribution < -0.4 is 0 Å². The van der Waals surface area contributed by atoms with Crippen LogP contribution in [0.15, 0.2) is 12.3 Å². The molecule has 2 heterocycles. The molecule has 0 radical (unpaired) electrons. The lowest BCUT2D eigenvalue weighted by Crippen LogP contribution is -2.08. The van der Waals surface area contributed by atoms with Gasteiger partial charge in [0.05, 0.1) is 18.4 Å². The largest absolute Gasteiger partial charge is 0.465 e. The van der Waals surface area contributed by atoms with Crippen molar-refractivity contribution in [1.29, 1.82) is 0 Å². The van der Waals surface area contributed by atoms with Gasteiger partial charge in [-0.05, 0) is 25.5 Å². The summed E-state index contributed by atoms with van der Waals surface area (Å²) in [7, 11) is 1.38. The van der Waals surface area contributed by atoms with E-state index in [1.165, 1.54) is 7.11 Å². The molecule has 0 amide bonds. The second-order valence-corrected chi connectivity index (χ2v) is 3.43. The molecule has 4 heteroatoms. The lowest BCUT2D eigenvalue weighted by Gasteiger charge is -2.07. The molecule has 4 nitrogen and oxygen atoms in total. The predicted molar refractivity (Wildman–Crippen MR) is 56.9 cm³/mol. The summed E-state index contributed by atoms with van der Waals surface area (Å²) in [6.45, 7) is 3.70. The second-order valence-electron chi connectivity index (χ2n) is 3.43. The Kier molecular flexibility index (Phi) is 2.19. The van der Waals surface area contributed by atoms with E-state index in [1.54, 1.807) is 6.92 Å². The molecule has 0 aliphatic carbocycles. The molecule has 0 aliphatic heterocycles. The molecular formula is C11H12N2O2. The number of esters is 1. The Morgan fingerprint density at radius 1 is 1.47 bits per heavy atom. The first kappa shape index (κ1) is 9.71. The third-order valence-corrected chi connectivity index (χ3v) is 2.54. The van der Waals surface area contributed by atoms with E-state index in [-0.39, 0.29) is 5.97 Å². The van der Waals surface area contributed by atoms with E-state index < -0.39 is 0 Å². The van der Waals surface area contributed by atoms with Crippen molar-refractivity contribution in [3.8, 4) is 0 Å². The summed E-state index contributed by atoms with van der Waals surface area (Å²) in [5, 5.41) is 0.959. The van der Waals surface area contributed by atoms with Crippen molar-refractivity contribution >= 4 is 17.0 Å². The number of methoxy groups -OCH3 is 1. The van der Waals surface area contributed by atoms with Crippen molar-refractivity contribution in [2.45, 2.75) is 13.8 Å². The number of ether oxygens (including phenoxy) is 1. The van der Waals surface area contributed by atoms with E-state index in [4.69, 9.17) is 4.74 Å². The predicted octanol–water partition coefficient (Wildman–Crippen LogP) is 1.97. The summed E-state index contributed by atoms with van der Waals surface area (Å²) < 4.78 is 4.73. The van der Waals surface area contributed by atoms with Crippen LogP contribution in [0.2, 0.25) is 0 Å². The number of rotatable bonds is 1. The van der Waals surface area contributed by atoms with Crippen LogP contribution in [0.4, 0.5) is 0 Å². The standard InChI is InChI=1S/C11H12N2O2/c1-6-8-4-5-12-10(8)13-7(2)9(6)11(14)15-3/h4-5H,1-3H3,(H,12,13). The van der Waals surface area contributed by atoms with Crippen molar-refractivity contribution in [2.75, 3.05) is 7.11 Å². The number of carbonyl (C=O) groups is 1. The number of hydrogen-bond donors (Lipinski definition) is 1. The zero-order chi connectivity index (χ0) is 11.0. The highest BCUT2D eigenvalue weighted by Gasteiger charge is 2.16. The summed E-state index contributed by atoms with van der Waals surface area (Å²) >= 11 is 0. The second kappa shape index (κ2) is 3.38. The van der Waals surface area contributed by atoms with Gasteiger partial charge in [0, 0.05) is 11.6 Å². The Labute approximate surface area is 87.3 Å². The van der Waals surface area contributed by atoms with Gasteiger partial charge < -0.3 is 9.72 Å². The van der Waals surface area contributed by atoms with Crippen molar-refractivity contribution in [1.82, 2.24) is 9.97 Å². The molecule has 0 bridgehead atoms. The van der Waals surface area contributed by atoms with E-state index in [0.717, 1.165) is 16.6 Å². The van der Waals surface area contributed by atoms with Gasteiger partial charge in [0.1, 0.15) is 5.65 Å². The van der Waals surface area contributed by atoms with E-state index in [0.29, 0.717) is 11.3 Å². The van der Waals surface area contributed by atoms with Gasteiger partial charge in [0.2, 0.25) is 0 Å². The highest BCUT2D eigenvalue weighted by molar-refractivity contribution is 5.97. The number of nitrogens with one attached hydrogen (secondary N) is 1. The molecule has 0 unspecified atom stereocenters. The zero-order valence-electron chi connectivity index (χ0n) is 8.92. The zero-order valence-corrected chi connectivity index (χ0v) is 8.92. The van der Waals surface area contributed by atoms with Gasteiger partial charge >= 0.3 is 5.97 Å². The number of aryl methyl sites for hydroxylation is 2. The lowest BCUT2D eigenvalue weighted by atomic mass is 10.1. The van der Waals surface area contributed by atoms with Crippen molar-refractivity contribution in [3.63, 3.8) is 0 Å². The molecule has 2 rings (SSSR count). The number of fused-ring (bicyclic) bond motifs is 1. The van der Waals surface area contributed by atoms with Gasteiger partial charge in [0.15, 0.2) is 0 Å². The van der Waals surface area contributed by atoms with Gasteiger partial charge in [-0.25, -0.2) is 9.78 Å². The molecule has 2 aromatic rings. The Morgan fingerprint density at radius 3 is 2.87 bits per heavy atom. The minimum atomic E-state index is -0.333. The monoisotopic (exact) mass is 204 g/mol. The smallest absolute Gasteiger partial charge is 0.339 e. The first-order chi connectivity index (χ1) is 7.15. The number of nitrogens with zero attached hydrogens (tertiary/aromatic N) is 1. The third kappa shape index (κ3) is 1.38. The fourth-order valence-corrected chi connectivity index (χ4v) is 1.79. The normalized spacial score (nSPS) is 10.6. The molecule has 1 N–H and O–H groups in total. The van der Waals surface area contributed by atoms with Gasteiger partial charge in [0.25, 0.3) is 0 Å². The third-order valence-electron chi connectivity index (χ3n) is 2.54. The van der Waals surface area contributed by atoms with Gasteiger partial charge in [-0.1, -0.05) is 0 Å². The van der Waals surface area contributed by atoms with Crippen LogP contribution >= 0.6 is 0 Å². The number of aromatic nitrogens is 2. The van der Waals surface area contributed by atoms with Crippen LogP contribution in [0, 0.1) is 13.8 Å². The van der Waals surface area contributed by atoms with Crippen LogP contribution in [-0.2, 0) is 4.74 Å². The van der Waals surface area contributed by atoms with Crippen molar-refractivity contribution in [3.05, 3.63) is 29.1 Å². The number of carbonyl (C=O) groups excluding carboxylic acids is 1. The molecular weight excluding hydrogens is 192 g/mol. The van der Waals surface area contributed by atoms with Crippen LogP contribution in [0.1, 0.15) is 21.6 Å². The Hall–Kier alpha value is -1.84. The minimum absolute atomic E-state index is 0.333. The quantitative estimate of drug-likeness (QED) is 0.722. The maximum atomic E-state index is 11.5. The highest BCUT2D eigenvalue weighted by Crippen LogP contribution is 2.22. The summed E-state index contributed by atoms with van der Waals surface area (Å²) in [5.74, 6) is -0.333. The van der Waals surface area contributed by atoms with E-state index in [9.17, 15) is 4.79 Å². The van der Waals surface area contributed by atoms with Gasteiger partial charge in [-0.3, -0.25) is 0 Å². The van der Waals surface area contributed by atoms with Crippen molar-refractivity contribution < 1.29 is 9.53 Å². The molecule has 0 atom stereocenters. The lowest BCUT2D eigenvalue weighted by molar-refractivity contribution is 0.0599. The van der Waals surface area contributed by atoms with E-state index in [1.807, 2.05) is 19.2 Å². The number of pyridine rings is 1. The molecule has 78 valence electrons. The van der Waals surface area contributed by atoms with Crippen LogP contribution in [0.25, 0.3) is 11.0 Å². The average Bonchev–Trinajstić information content (AvgIpc) is 2.65. The Balaban J connectivity index is 2.78. The van der Waals surface area contributed by atoms with Crippen LogP contribution in [0.3, 0.4) is 0 Å². The molecule has 0 fully saturated rings. The maximum absolute atomic E-state index is 11.5. The Bertz CT molecular complexity index is 529. The topological polar surface area (TPSA) is 55.0 Å². The molecule has 2 aromatic heterocycles. The fraction of sp³-hybridized carbons (Fsp3) is 0.273. The van der Waals surface area contributed by atoms with E-state index in [2.05, 4.69) is 9.97 Å². The molecule has 0 saturated heterocycles. The highest BCUT2D eigenvalue weighted by atomic mass is 16.5. The van der Waals surface area contributed by atoms with Crippen molar-refractivity contribution in [2.24, 2.45) is 0 Å². The first-order valence-corrected chi connectivity index (χ1v) is 4.67. The van der Waals surface area contributed by atoms with Gasteiger partial charge in [-0.15, -0.1) is 0 Å². The van der Waals surface area contributed by atoms with Crippen LogP contribution in [-0.4, -0.2) is 23.0 Å². The fourth-order valence-electron chi connectivity index (χ4n) is 1.79. The van der Waals surface area contributed by atoms with E-state index >= 15 is 0 Å². The first-order valence-electron chi connectivity index (χ1n) is 4.67. The maximum Gasteiger partial charge on any atom is 0.339 e. The number of H-pyrrole nitrogens is 1. The molecule has 0 saturated carbocycles. The van der Waals surface area contributed by atoms with Gasteiger partial charge in [-0.2, -0.15) is 0 Å². The Morgan fingerprint density at radius 2 is 2.20 bits per heavy atom. The molecule has 0 aromatic carbocycles. The summed E-state index contributed by atoms with van der Waals surface area (Å²) in [4.78, 5) is 18.9. The molecule has 15 heavy (non-hydrogen) atoms.